The third kappa shape index (κ3) is 4.28. The lowest BCUT2D eigenvalue weighted by Gasteiger charge is -2.36. The maximum Gasteiger partial charge on any atom is 0.236 e. The third-order valence-electron chi connectivity index (χ3n) is 4.79. The molecule has 0 saturated carbocycles. The summed E-state index contributed by atoms with van der Waals surface area (Å²) in [5.41, 5.74) is 1.24. The summed E-state index contributed by atoms with van der Waals surface area (Å²) in [6, 6.07) is 8.57. The summed E-state index contributed by atoms with van der Waals surface area (Å²) < 4.78 is 5.73. The van der Waals surface area contributed by atoms with Gasteiger partial charge in [-0.15, -0.1) is 0 Å². The molecule has 0 radical (unpaired) electrons. The van der Waals surface area contributed by atoms with Crippen LogP contribution in [0.5, 0.6) is 5.75 Å². The van der Waals surface area contributed by atoms with E-state index in [1.54, 1.807) is 0 Å². The average molecular weight is 331 g/mol. The monoisotopic (exact) mass is 331 g/mol. The fraction of sp³-hybridized carbons (Fsp3) is 0.632. The lowest BCUT2D eigenvalue weighted by molar-refractivity contribution is -0.132. The Morgan fingerprint density at radius 1 is 1.21 bits per heavy atom. The van der Waals surface area contributed by atoms with Crippen molar-refractivity contribution in [3.63, 3.8) is 0 Å². The van der Waals surface area contributed by atoms with E-state index in [9.17, 15) is 4.79 Å². The van der Waals surface area contributed by atoms with Crippen LogP contribution in [0.2, 0.25) is 0 Å². The molecule has 2 aliphatic heterocycles. The van der Waals surface area contributed by atoms with Crippen LogP contribution in [0, 0.1) is 0 Å². The van der Waals surface area contributed by atoms with E-state index in [-0.39, 0.29) is 18.1 Å². The van der Waals surface area contributed by atoms with E-state index in [4.69, 9.17) is 4.74 Å². The summed E-state index contributed by atoms with van der Waals surface area (Å²) >= 11 is 0. The maximum atomic E-state index is 12.5. The molecule has 132 valence electrons. The average Bonchev–Trinajstić information content (AvgIpc) is 3.10. The van der Waals surface area contributed by atoms with Gasteiger partial charge in [-0.25, -0.2) is 0 Å². The number of benzene rings is 1. The van der Waals surface area contributed by atoms with E-state index in [1.807, 2.05) is 30.9 Å². The second-order valence-corrected chi connectivity index (χ2v) is 7.01. The van der Waals surface area contributed by atoms with E-state index in [0.717, 1.165) is 51.3 Å². The minimum atomic E-state index is 0.182. The van der Waals surface area contributed by atoms with E-state index in [2.05, 4.69) is 22.3 Å². The topological polar surface area (TPSA) is 44.8 Å². The Balaban J connectivity index is 1.66. The number of nitrogens with zero attached hydrogens (tertiary/aromatic N) is 2. The smallest absolute Gasteiger partial charge is 0.236 e. The molecule has 0 bridgehead atoms. The molecule has 0 aromatic heterocycles. The van der Waals surface area contributed by atoms with Gasteiger partial charge in [0, 0.05) is 38.8 Å². The minimum absolute atomic E-state index is 0.182. The van der Waals surface area contributed by atoms with Crippen molar-refractivity contribution in [2.24, 2.45) is 0 Å². The fourth-order valence-corrected chi connectivity index (χ4v) is 3.55. The van der Waals surface area contributed by atoms with Gasteiger partial charge in [0.05, 0.1) is 12.6 Å². The van der Waals surface area contributed by atoms with Gasteiger partial charge in [-0.2, -0.15) is 0 Å². The van der Waals surface area contributed by atoms with Crippen LogP contribution in [0.4, 0.5) is 0 Å². The highest BCUT2D eigenvalue weighted by atomic mass is 16.5. The Labute approximate surface area is 145 Å². The van der Waals surface area contributed by atoms with Crippen molar-refractivity contribution in [2.75, 3.05) is 39.3 Å². The van der Waals surface area contributed by atoms with Gasteiger partial charge >= 0.3 is 0 Å². The number of nitrogens with one attached hydrogen (secondary N) is 1. The predicted molar refractivity (Wildman–Crippen MR) is 95.2 cm³/mol. The number of rotatable bonds is 5. The zero-order chi connectivity index (χ0) is 16.9. The lowest BCUT2D eigenvalue weighted by Crippen LogP contribution is -2.49. The Hall–Kier alpha value is -1.59. The van der Waals surface area contributed by atoms with Gasteiger partial charge in [-0.1, -0.05) is 12.1 Å². The molecule has 5 heteroatoms. The van der Waals surface area contributed by atoms with E-state index < -0.39 is 0 Å². The number of piperazine rings is 1. The third-order valence-corrected chi connectivity index (χ3v) is 4.79. The summed E-state index contributed by atoms with van der Waals surface area (Å²) in [5, 5.41) is 3.46. The standard InChI is InChI=1S/C19H29N3O2/c1-15(2)24-17-7-5-16(6-8-17)18-13-20-9-12-22(18)14-19(23)21-10-3-4-11-21/h5-8,15,18,20H,3-4,9-14H2,1-2H3/t18-/m1/s1. The molecule has 1 amide bonds. The van der Waals surface area contributed by atoms with Gasteiger partial charge < -0.3 is 15.0 Å². The van der Waals surface area contributed by atoms with Gasteiger partial charge in [0.25, 0.3) is 0 Å². The Morgan fingerprint density at radius 2 is 1.92 bits per heavy atom. The van der Waals surface area contributed by atoms with Crippen molar-refractivity contribution >= 4 is 5.91 Å². The van der Waals surface area contributed by atoms with Crippen LogP contribution in [0.15, 0.2) is 24.3 Å². The molecule has 1 aromatic rings. The molecule has 1 N–H and O–H groups in total. The molecular weight excluding hydrogens is 302 g/mol. The van der Waals surface area contributed by atoms with Crippen molar-refractivity contribution in [2.45, 2.75) is 38.8 Å². The summed E-state index contributed by atoms with van der Waals surface area (Å²) in [5.74, 6) is 1.18. The molecular formula is C19H29N3O2. The van der Waals surface area contributed by atoms with Crippen molar-refractivity contribution in [3.8, 4) is 5.75 Å². The van der Waals surface area contributed by atoms with Crippen LogP contribution in [0.3, 0.4) is 0 Å². The first-order valence-electron chi connectivity index (χ1n) is 9.12. The second-order valence-electron chi connectivity index (χ2n) is 7.01. The first kappa shape index (κ1) is 17.2. The highest BCUT2D eigenvalue weighted by Gasteiger charge is 2.28. The van der Waals surface area contributed by atoms with Crippen LogP contribution in [0.1, 0.15) is 38.3 Å². The van der Waals surface area contributed by atoms with E-state index >= 15 is 0 Å². The highest BCUT2D eigenvalue weighted by Crippen LogP contribution is 2.25. The first-order chi connectivity index (χ1) is 11.6. The lowest BCUT2D eigenvalue weighted by atomic mass is 10.0. The number of ether oxygens (including phenoxy) is 1. The van der Waals surface area contributed by atoms with Crippen molar-refractivity contribution in [3.05, 3.63) is 29.8 Å². The number of carbonyl (C=O) groups excluding carboxylic acids is 1. The van der Waals surface area contributed by atoms with Crippen LogP contribution in [0.25, 0.3) is 0 Å². The van der Waals surface area contributed by atoms with Crippen molar-refractivity contribution < 1.29 is 9.53 Å². The number of likely N-dealkylation sites (tertiary alicyclic amines) is 1. The molecule has 3 rings (SSSR count). The molecule has 0 unspecified atom stereocenters. The minimum Gasteiger partial charge on any atom is -0.491 e. The molecule has 1 atom stereocenters. The second kappa shape index (κ2) is 7.99. The zero-order valence-electron chi connectivity index (χ0n) is 14.8. The van der Waals surface area contributed by atoms with Gasteiger partial charge in [0.1, 0.15) is 5.75 Å². The van der Waals surface area contributed by atoms with Crippen molar-refractivity contribution in [1.82, 2.24) is 15.1 Å². The fourth-order valence-electron chi connectivity index (χ4n) is 3.55. The van der Waals surface area contributed by atoms with Crippen LogP contribution in [-0.2, 0) is 4.79 Å². The normalized spacial score (nSPS) is 22.1. The molecule has 0 aliphatic carbocycles. The Morgan fingerprint density at radius 3 is 2.58 bits per heavy atom. The highest BCUT2D eigenvalue weighted by molar-refractivity contribution is 5.78. The molecule has 2 aliphatic rings. The van der Waals surface area contributed by atoms with E-state index in [1.165, 1.54) is 5.56 Å². The number of amides is 1. The van der Waals surface area contributed by atoms with Crippen LogP contribution in [-0.4, -0.2) is 61.1 Å². The molecule has 24 heavy (non-hydrogen) atoms. The van der Waals surface area contributed by atoms with E-state index in [0.29, 0.717) is 6.54 Å². The van der Waals surface area contributed by atoms with Crippen molar-refractivity contribution in [1.29, 1.82) is 0 Å². The van der Waals surface area contributed by atoms with Gasteiger partial charge in [-0.05, 0) is 44.4 Å². The quantitative estimate of drug-likeness (QED) is 0.897. The number of hydrogen-bond donors (Lipinski definition) is 1. The Bertz CT molecular complexity index is 538. The molecule has 2 heterocycles. The zero-order valence-corrected chi connectivity index (χ0v) is 14.8. The van der Waals surface area contributed by atoms with Gasteiger partial charge in [0.2, 0.25) is 5.91 Å². The van der Waals surface area contributed by atoms with Crippen LogP contribution < -0.4 is 10.1 Å². The Kier molecular flexibility index (Phi) is 5.74. The largest absolute Gasteiger partial charge is 0.491 e. The first-order valence-corrected chi connectivity index (χ1v) is 9.12. The van der Waals surface area contributed by atoms with Gasteiger partial charge in [-0.3, -0.25) is 9.69 Å². The van der Waals surface area contributed by atoms with Gasteiger partial charge in [0.15, 0.2) is 0 Å². The summed E-state index contributed by atoms with van der Waals surface area (Å²) in [7, 11) is 0. The number of hydrogen-bond acceptors (Lipinski definition) is 4. The SMILES string of the molecule is CC(C)Oc1ccc([C@H]2CNCCN2CC(=O)N2CCCC2)cc1. The molecule has 5 nitrogen and oxygen atoms in total. The summed E-state index contributed by atoms with van der Waals surface area (Å²) in [4.78, 5) is 16.8. The molecule has 2 fully saturated rings. The summed E-state index contributed by atoms with van der Waals surface area (Å²) in [6.45, 7) is 9.18. The molecule has 0 spiro atoms. The predicted octanol–water partition coefficient (Wildman–Crippen LogP) is 2.04. The van der Waals surface area contributed by atoms with Crippen LogP contribution >= 0.6 is 0 Å². The maximum absolute atomic E-state index is 12.5. The number of carbonyl (C=O) groups is 1. The molecule has 2 saturated heterocycles. The summed E-state index contributed by atoms with van der Waals surface area (Å²) in [6.07, 6.45) is 2.48. The molecule has 1 aromatic carbocycles.